The first-order valence-corrected chi connectivity index (χ1v) is 8.49. The van der Waals surface area contributed by atoms with Crippen LogP contribution in [0, 0.1) is 0 Å². The molecule has 124 valence electrons. The largest absolute Gasteiger partial charge is 0.497 e. The molecule has 2 aromatic rings. The van der Waals surface area contributed by atoms with Gasteiger partial charge in [-0.3, -0.25) is 0 Å². The SMILES string of the molecule is COc1ccc(Cn2ncnc2[C@H](C)CN2CCCCC2)cc1. The van der Waals surface area contributed by atoms with Crippen LogP contribution in [0.25, 0.3) is 0 Å². The summed E-state index contributed by atoms with van der Waals surface area (Å²) in [5.41, 5.74) is 1.21. The van der Waals surface area contributed by atoms with Gasteiger partial charge in [0.05, 0.1) is 13.7 Å². The molecule has 2 heterocycles. The number of piperidine rings is 1. The van der Waals surface area contributed by atoms with E-state index in [4.69, 9.17) is 4.74 Å². The van der Waals surface area contributed by atoms with Gasteiger partial charge in [0.2, 0.25) is 0 Å². The van der Waals surface area contributed by atoms with Crippen molar-refractivity contribution in [2.45, 2.75) is 38.6 Å². The Morgan fingerprint density at radius 2 is 1.87 bits per heavy atom. The smallest absolute Gasteiger partial charge is 0.138 e. The summed E-state index contributed by atoms with van der Waals surface area (Å²) in [5, 5.41) is 4.42. The second-order valence-corrected chi connectivity index (χ2v) is 6.39. The van der Waals surface area contributed by atoms with E-state index in [-0.39, 0.29) is 0 Å². The maximum absolute atomic E-state index is 5.21. The van der Waals surface area contributed by atoms with Crippen molar-refractivity contribution in [2.24, 2.45) is 0 Å². The van der Waals surface area contributed by atoms with Crippen molar-refractivity contribution in [1.29, 1.82) is 0 Å². The Kier molecular flexibility index (Phi) is 5.28. The maximum Gasteiger partial charge on any atom is 0.138 e. The summed E-state index contributed by atoms with van der Waals surface area (Å²) in [7, 11) is 1.69. The van der Waals surface area contributed by atoms with Crippen molar-refractivity contribution in [2.75, 3.05) is 26.7 Å². The molecule has 0 radical (unpaired) electrons. The van der Waals surface area contributed by atoms with Crippen molar-refractivity contribution < 1.29 is 4.74 Å². The molecule has 0 aliphatic carbocycles. The number of likely N-dealkylation sites (tertiary alicyclic amines) is 1. The summed E-state index contributed by atoms with van der Waals surface area (Å²) in [6.45, 7) is 6.52. The molecular weight excluding hydrogens is 288 g/mol. The number of benzene rings is 1. The topological polar surface area (TPSA) is 43.2 Å². The highest BCUT2D eigenvalue weighted by Gasteiger charge is 2.18. The predicted octanol–water partition coefficient (Wildman–Crippen LogP) is 2.92. The summed E-state index contributed by atoms with van der Waals surface area (Å²) < 4.78 is 7.23. The highest BCUT2D eigenvalue weighted by Crippen LogP contribution is 2.19. The Morgan fingerprint density at radius 3 is 2.57 bits per heavy atom. The zero-order chi connectivity index (χ0) is 16.1. The molecule has 1 saturated heterocycles. The van der Waals surface area contributed by atoms with E-state index in [9.17, 15) is 0 Å². The quantitative estimate of drug-likeness (QED) is 0.822. The van der Waals surface area contributed by atoms with Gasteiger partial charge in [0.25, 0.3) is 0 Å². The van der Waals surface area contributed by atoms with E-state index in [0.717, 1.165) is 24.7 Å². The van der Waals surface area contributed by atoms with Crippen LogP contribution < -0.4 is 4.74 Å². The summed E-state index contributed by atoms with van der Waals surface area (Å²) >= 11 is 0. The molecule has 0 bridgehead atoms. The van der Waals surface area contributed by atoms with Crippen LogP contribution in [0.5, 0.6) is 5.75 Å². The molecular formula is C18H26N4O. The number of rotatable bonds is 6. The molecule has 23 heavy (non-hydrogen) atoms. The van der Waals surface area contributed by atoms with Gasteiger partial charge in [-0.05, 0) is 43.6 Å². The summed E-state index contributed by atoms with van der Waals surface area (Å²) in [6, 6.07) is 8.14. The first kappa shape index (κ1) is 16.0. The fourth-order valence-electron chi connectivity index (χ4n) is 3.29. The average Bonchev–Trinajstić information content (AvgIpc) is 3.05. The van der Waals surface area contributed by atoms with Gasteiger partial charge in [-0.1, -0.05) is 25.5 Å². The highest BCUT2D eigenvalue weighted by atomic mass is 16.5. The predicted molar refractivity (Wildman–Crippen MR) is 90.8 cm³/mol. The van der Waals surface area contributed by atoms with Gasteiger partial charge in [0.1, 0.15) is 17.9 Å². The monoisotopic (exact) mass is 314 g/mol. The number of aromatic nitrogens is 3. The maximum atomic E-state index is 5.21. The van der Waals surface area contributed by atoms with Crippen molar-refractivity contribution in [1.82, 2.24) is 19.7 Å². The molecule has 1 aromatic heterocycles. The Balaban J connectivity index is 1.65. The first-order valence-electron chi connectivity index (χ1n) is 8.49. The summed E-state index contributed by atoms with van der Waals surface area (Å²) in [4.78, 5) is 7.07. The van der Waals surface area contributed by atoms with Gasteiger partial charge < -0.3 is 9.64 Å². The molecule has 0 unspecified atom stereocenters. The minimum Gasteiger partial charge on any atom is -0.497 e. The number of methoxy groups -OCH3 is 1. The Labute approximate surface area is 138 Å². The van der Waals surface area contributed by atoms with Gasteiger partial charge >= 0.3 is 0 Å². The highest BCUT2D eigenvalue weighted by molar-refractivity contribution is 5.27. The first-order chi connectivity index (χ1) is 11.3. The summed E-state index contributed by atoms with van der Waals surface area (Å²) in [6.07, 6.45) is 5.70. The lowest BCUT2D eigenvalue weighted by molar-refractivity contribution is 0.215. The van der Waals surface area contributed by atoms with Crippen LogP contribution in [0.1, 0.15) is 43.5 Å². The molecule has 5 heteroatoms. The molecule has 1 aliphatic heterocycles. The lowest BCUT2D eigenvalue weighted by Crippen LogP contribution is -2.33. The molecule has 1 aliphatic rings. The molecule has 0 saturated carbocycles. The lowest BCUT2D eigenvalue weighted by Gasteiger charge is -2.28. The van der Waals surface area contributed by atoms with E-state index in [2.05, 4.69) is 34.0 Å². The van der Waals surface area contributed by atoms with Crippen LogP contribution in [0.2, 0.25) is 0 Å². The van der Waals surface area contributed by atoms with Crippen molar-refractivity contribution in [3.05, 3.63) is 42.0 Å². The van der Waals surface area contributed by atoms with E-state index < -0.39 is 0 Å². The van der Waals surface area contributed by atoms with Gasteiger partial charge in [-0.2, -0.15) is 5.10 Å². The Hall–Kier alpha value is -1.88. The Morgan fingerprint density at radius 1 is 1.13 bits per heavy atom. The lowest BCUT2D eigenvalue weighted by atomic mass is 10.1. The third kappa shape index (κ3) is 4.10. The normalized spacial score (nSPS) is 17.1. The molecule has 1 fully saturated rings. The second-order valence-electron chi connectivity index (χ2n) is 6.39. The van der Waals surface area contributed by atoms with Crippen LogP contribution in [-0.4, -0.2) is 46.4 Å². The average molecular weight is 314 g/mol. The van der Waals surface area contributed by atoms with E-state index >= 15 is 0 Å². The van der Waals surface area contributed by atoms with Gasteiger partial charge in [-0.25, -0.2) is 9.67 Å². The van der Waals surface area contributed by atoms with Crippen LogP contribution in [0.15, 0.2) is 30.6 Å². The molecule has 0 spiro atoms. The molecule has 5 nitrogen and oxygen atoms in total. The van der Waals surface area contributed by atoms with Crippen LogP contribution in [0.4, 0.5) is 0 Å². The van der Waals surface area contributed by atoms with Crippen LogP contribution in [0.3, 0.4) is 0 Å². The van der Waals surface area contributed by atoms with E-state index in [0.29, 0.717) is 5.92 Å². The second kappa shape index (κ2) is 7.59. The molecule has 1 aromatic carbocycles. The van der Waals surface area contributed by atoms with Crippen molar-refractivity contribution in [3.63, 3.8) is 0 Å². The number of hydrogen-bond donors (Lipinski definition) is 0. The van der Waals surface area contributed by atoms with Crippen LogP contribution in [-0.2, 0) is 6.54 Å². The van der Waals surface area contributed by atoms with Gasteiger partial charge in [0, 0.05) is 12.5 Å². The van der Waals surface area contributed by atoms with Gasteiger partial charge in [-0.15, -0.1) is 0 Å². The van der Waals surface area contributed by atoms with Crippen LogP contribution >= 0.6 is 0 Å². The molecule has 0 N–H and O–H groups in total. The van der Waals surface area contributed by atoms with E-state index in [1.807, 2.05) is 16.8 Å². The molecule has 0 amide bonds. The van der Waals surface area contributed by atoms with E-state index in [1.54, 1.807) is 13.4 Å². The standard InChI is InChI=1S/C18H26N4O/c1-15(12-21-10-4-3-5-11-21)18-19-14-20-22(18)13-16-6-8-17(23-2)9-7-16/h6-9,14-15H,3-5,10-13H2,1-2H3/t15-/m1/s1. The third-order valence-electron chi connectivity index (χ3n) is 4.56. The zero-order valence-electron chi connectivity index (χ0n) is 14.1. The fourth-order valence-corrected chi connectivity index (χ4v) is 3.29. The molecule has 1 atom stereocenters. The van der Waals surface area contributed by atoms with Gasteiger partial charge in [0.15, 0.2) is 0 Å². The third-order valence-corrected chi connectivity index (χ3v) is 4.56. The number of ether oxygens (including phenoxy) is 1. The van der Waals surface area contributed by atoms with Crippen molar-refractivity contribution >= 4 is 0 Å². The van der Waals surface area contributed by atoms with E-state index in [1.165, 1.54) is 37.9 Å². The minimum absolute atomic E-state index is 0.397. The molecule has 3 rings (SSSR count). The number of hydrogen-bond acceptors (Lipinski definition) is 4. The van der Waals surface area contributed by atoms with Crippen molar-refractivity contribution in [3.8, 4) is 5.75 Å². The number of nitrogens with zero attached hydrogens (tertiary/aromatic N) is 4. The Bertz CT molecular complexity index is 602. The fraction of sp³-hybridized carbons (Fsp3) is 0.556. The minimum atomic E-state index is 0.397. The summed E-state index contributed by atoms with van der Waals surface area (Å²) in [5.74, 6) is 2.35. The zero-order valence-corrected chi connectivity index (χ0v) is 14.1.